The summed E-state index contributed by atoms with van der Waals surface area (Å²) in [5, 5.41) is 12.6. The van der Waals surface area contributed by atoms with E-state index >= 15 is 0 Å². The van der Waals surface area contributed by atoms with Gasteiger partial charge in [-0.05, 0) is 12.8 Å². The van der Waals surface area contributed by atoms with Gasteiger partial charge in [-0.3, -0.25) is 9.40 Å². The number of hydrogen-bond donors (Lipinski definition) is 2. The molecule has 2 N–H and O–H groups in total. The first-order valence-electron chi connectivity index (χ1n) is 4.74. The number of aryl methyl sites for hydroxylation is 1. The van der Waals surface area contributed by atoms with Crippen LogP contribution in [0.4, 0.5) is 5.82 Å². The summed E-state index contributed by atoms with van der Waals surface area (Å²) >= 11 is 0. The Morgan fingerprint density at radius 1 is 1.62 bits per heavy atom. The smallest absolute Gasteiger partial charge is 0.272 e. The van der Waals surface area contributed by atoms with Crippen molar-refractivity contribution in [2.45, 2.75) is 18.9 Å². The van der Waals surface area contributed by atoms with Crippen molar-refractivity contribution in [2.75, 3.05) is 4.72 Å². The van der Waals surface area contributed by atoms with Crippen molar-refractivity contribution in [1.29, 1.82) is 5.26 Å². The van der Waals surface area contributed by atoms with E-state index < -0.39 is 10.2 Å². The minimum absolute atomic E-state index is 0.0201. The van der Waals surface area contributed by atoms with Crippen LogP contribution in [-0.2, 0) is 17.3 Å². The van der Waals surface area contributed by atoms with Gasteiger partial charge in [-0.2, -0.15) is 23.5 Å². The molecule has 7 nitrogen and oxygen atoms in total. The summed E-state index contributed by atoms with van der Waals surface area (Å²) in [4.78, 5) is 0. The van der Waals surface area contributed by atoms with Gasteiger partial charge < -0.3 is 0 Å². The molecule has 86 valence electrons. The summed E-state index contributed by atoms with van der Waals surface area (Å²) < 4.78 is 29.2. The number of nitrogens with one attached hydrogen (secondary N) is 2. The van der Waals surface area contributed by atoms with Gasteiger partial charge in [0.15, 0.2) is 5.82 Å². The van der Waals surface area contributed by atoms with Gasteiger partial charge in [0.1, 0.15) is 11.6 Å². The van der Waals surface area contributed by atoms with Crippen molar-refractivity contribution < 1.29 is 8.42 Å². The van der Waals surface area contributed by atoms with Crippen LogP contribution >= 0.6 is 0 Å². The van der Waals surface area contributed by atoms with E-state index in [0.717, 1.165) is 12.8 Å². The number of anilines is 1. The summed E-state index contributed by atoms with van der Waals surface area (Å²) in [6, 6.07) is 1.89. The van der Waals surface area contributed by atoms with Crippen LogP contribution in [0.5, 0.6) is 0 Å². The topological polar surface area (TPSA) is 99.8 Å². The fraction of sp³-hybridized carbons (Fsp3) is 0.500. The fourth-order valence-corrected chi connectivity index (χ4v) is 2.36. The van der Waals surface area contributed by atoms with Crippen LogP contribution < -0.4 is 9.44 Å². The maximum absolute atomic E-state index is 11.5. The fourth-order valence-electron chi connectivity index (χ4n) is 1.22. The molecule has 0 amide bonds. The van der Waals surface area contributed by atoms with Crippen LogP contribution in [0, 0.1) is 11.3 Å². The molecule has 1 aliphatic carbocycles. The Bertz CT molecular complexity index is 537. The van der Waals surface area contributed by atoms with E-state index in [2.05, 4.69) is 14.5 Å². The molecule has 2 rings (SSSR count). The Morgan fingerprint density at radius 2 is 2.31 bits per heavy atom. The zero-order chi connectivity index (χ0) is 11.8. The molecule has 8 heteroatoms. The Labute approximate surface area is 93.2 Å². The lowest BCUT2D eigenvalue weighted by Gasteiger charge is -2.05. The predicted molar refractivity (Wildman–Crippen MR) is 56.6 cm³/mol. The Hall–Kier alpha value is -1.59. The van der Waals surface area contributed by atoms with Gasteiger partial charge in [0.25, 0.3) is 0 Å². The van der Waals surface area contributed by atoms with Gasteiger partial charge in [-0.1, -0.05) is 0 Å². The van der Waals surface area contributed by atoms with Crippen LogP contribution in [-0.4, -0.2) is 24.2 Å². The molecule has 16 heavy (non-hydrogen) atoms. The Morgan fingerprint density at radius 3 is 2.88 bits per heavy atom. The molecular formula is C8H11N5O2S. The average molecular weight is 241 g/mol. The molecule has 0 saturated heterocycles. The molecule has 0 radical (unpaired) electrons. The summed E-state index contributed by atoms with van der Waals surface area (Å²) in [5.74, 6) is 0.0538. The van der Waals surface area contributed by atoms with E-state index in [1.807, 2.05) is 6.07 Å². The zero-order valence-electron chi connectivity index (χ0n) is 8.64. The first-order chi connectivity index (χ1) is 7.50. The van der Waals surface area contributed by atoms with Crippen molar-refractivity contribution in [2.24, 2.45) is 7.05 Å². The third kappa shape index (κ3) is 2.50. The molecule has 0 aromatic carbocycles. The Balaban J connectivity index is 2.16. The standard InChI is InChI=1S/C8H11N5O2S/c1-13-5-6(4-9)8(10-13)12-16(14,15)11-7-2-3-7/h5,7,11H,2-3H2,1H3,(H,10,12). The number of hydrogen-bond acceptors (Lipinski definition) is 4. The molecule has 1 fully saturated rings. The number of nitrogens with zero attached hydrogens (tertiary/aromatic N) is 3. The highest BCUT2D eigenvalue weighted by molar-refractivity contribution is 7.90. The molecule has 0 unspecified atom stereocenters. The molecule has 1 heterocycles. The van der Waals surface area contributed by atoms with Crippen molar-refractivity contribution in [3.8, 4) is 6.07 Å². The van der Waals surface area contributed by atoms with E-state index in [1.54, 1.807) is 7.05 Å². The molecule has 1 aliphatic rings. The van der Waals surface area contributed by atoms with Crippen molar-refractivity contribution >= 4 is 16.0 Å². The average Bonchev–Trinajstić information content (AvgIpc) is 2.89. The molecule has 0 atom stereocenters. The largest absolute Gasteiger partial charge is 0.300 e. The number of aromatic nitrogens is 2. The molecule has 1 aromatic heterocycles. The van der Waals surface area contributed by atoms with Crippen LogP contribution in [0.15, 0.2) is 6.20 Å². The van der Waals surface area contributed by atoms with E-state index in [4.69, 9.17) is 5.26 Å². The predicted octanol–water partition coefficient (Wildman–Crippen LogP) is -0.300. The van der Waals surface area contributed by atoms with Crippen molar-refractivity contribution in [1.82, 2.24) is 14.5 Å². The lowest BCUT2D eigenvalue weighted by atomic mass is 10.4. The van der Waals surface area contributed by atoms with Crippen LogP contribution in [0.1, 0.15) is 18.4 Å². The van der Waals surface area contributed by atoms with Crippen molar-refractivity contribution in [3.05, 3.63) is 11.8 Å². The molecule has 0 spiro atoms. The highest BCUT2D eigenvalue weighted by atomic mass is 32.2. The molecule has 0 aliphatic heterocycles. The maximum atomic E-state index is 11.5. The van der Waals surface area contributed by atoms with E-state index in [1.165, 1.54) is 10.9 Å². The molecule has 1 saturated carbocycles. The molecule has 1 aromatic rings. The summed E-state index contributed by atoms with van der Waals surface area (Å²) in [5.41, 5.74) is 0.198. The third-order valence-corrected chi connectivity index (χ3v) is 3.19. The summed E-state index contributed by atoms with van der Waals surface area (Å²) in [6.07, 6.45) is 3.16. The van der Waals surface area contributed by atoms with E-state index in [-0.39, 0.29) is 17.4 Å². The lowest BCUT2D eigenvalue weighted by molar-refractivity contribution is 0.586. The second-order valence-electron chi connectivity index (χ2n) is 3.67. The van der Waals surface area contributed by atoms with Gasteiger partial charge in [-0.15, -0.1) is 0 Å². The minimum atomic E-state index is -3.62. The summed E-state index contributed by atoms with van der Waals surface area (Å²) in [7, 11) is -2.00. The van der Waals surface area contributed by atoms with Crippen molar-refractivity contribution in [3.63, 3.8) is 0 Å². The minimum Gasteiger partial charge on any atom is -0.272 e. The second-order valence-corrected chi connectivity index (χ2v) is 5.12. The van der Waals surface area contributed by atoms with Gasteiger partial charge in [0.2, 0.25) is 0 Å². The Kier molecular flexibility index (Phi) is 2.57. The quantitative estimate of drug-likeness (QED) is 0.755. The molecular weight excluding hydrogens is 230 g/mol. The maximum Gasteiger partial charge on any atom is 0.300 e. The third-order valence-electron chi connectivity index (χ3n) is 2.08. The van der Waals surface area contributed by atoms with Gasteiger partial charge in [0, 0.05) is 19.3 Å². The highest BCUT2D eigenvalue weighted by Crippen LogP contribution is 2.20. The van der Waals surface area contributed by atoms with Gasteiger partial charge >= 0.3 is 10.2 Å². The van der Waals surface area contributed by atoms with Gasteiger partial charge in [0.05, 0.1) is 0 Å². The van der Waals surface area contributed by atoms with Crippen LogP contribution in [0.3, 0.4) is 0 Å². The lowest BCUT2D eigenvalue weighted by Crippen LogP contribution is -2.32. The molecule has 0 bridgehead atoms. The monoisotopic (exact) mass is 241 g/mol. The zero-order valence-corrected chi connectivity index (χ0v) is 9.45. The first-order valence-corrected chi connectivity index (χ1v) is 6.22. The second kappa shape index (κ2) is 3.77. The number of nitriles is 1. The van der Waals surface area contributed by atoms with Crippen LogP contribution in [0.2, 0.25) is 0 Å². The highest BCUT2D eigenvalue weighted by Gasteiger charge is 2.27. The van der Waals surface area contributed by atoms with Gasteiger partial charge in [-0.25, -0.2) is 0 Å². The number of rotatable bonds is 4. The van der Waals surface area contributed by atoms with Crippen LogP contribution in [0.25, 0.3) is 0 Å². The first kappa shape index (κ1) is 10.9. The SMILES string of the molecule is Cn1cc(C#N)c(NS(=O)(=O)NC2CC2)n1. The van der Waals surface area contributed by atoms with E-state index in [9.17, 15) is 8.42 Å². The normalized spacial score (nSPS) is 15.8. The summed E-state index contributed by atoms with van der Waals surface area (Å²) in [6.45, 7) is 0. The van der Waals surface area contributed by atoms with E-state index in [0.29, 0.717) is 0 Å².